The smallest absolute Gasteiger partial charge is 0.390 e. The number of benzene rings is 3. The molecular weight excluding hydrogens is 531 g/mol. The van der Waals surface area contributed by atoms with E-state index in [1.807, 2.05) is 0 Å². The van der Waals surface area contributed by atoms with E-state index in [1.54, 1.807) is 6.07 Å². The maximum absolute atomic E-state index is 14.1. The number of alkyl halides is 3. The van der Waals surface area contributed by atoms with Crippen LogP contribution in [0, 0.1) is 11.6 Å². The Hall–Kier alpha value is -3.50. The molecule has 11 heteroatoms. The highest BCUT2D eigenvalue weighted by Crippen LogP contribution is 2.42. The monoisotopic (exact) mass is 550 g/mol. The van der Waals surface area contributed by atoms with Crippen molar-refractivity contribution in [3.8, 4) is 0 Å². The van der Waals surface area contributed by atoms with Crippen molar-refractivity contribution in [2.24, 2.45) is 0 Å². The van der Waals surface area contributed by atoms with E-state index < -0.39 is 52.4 Å². The van der Waals surface area contributed by atoms with Gasteiger partial charge in [-0.2, -0.15) is 13.2 Å². The molecule has 0 unspecified atom stereocenters. The molecule has 5 rings (SSSR count). The van der Waals surface area contributed by atoms with Crippen LogP contribution in [-0.2, 0) is 12.6 Å². The van der Waals surface area contributed by atoms with Gasteiger partial charge in [-0.3, -0.25) is 9.59 Å². The van der Waals surface area contributed by atoms with E-state index in [2.05, 4.69) is 10.6 Å². The summed E-state index contributed by atoms with van der Waals surface area (Å²) < 4.78 is 67.7. The number of amides is 2. The van der Waals surface area contributed by atoms with Gasteiger partial charge in [-0.15, -0.1) is 0 Å². The Morgan fingerprint density at radius 1 is 1.08 bits per heavy atom. The molecule has 3 aromatic rings. The first-order valence-corrected chi connectivity index (χ1v) is 12.0. The van der Waals surface area contributed by atoms with Crippen LogP contribution in [0.3, 0.4) is 0 Å². The third kappa shape index (κ3) is 4.98. The molecule has 0 aromatic heterocycles. The van der Waals surface area contributed by atoms with Crippen LogP contribution in [0.25, 0.3) is 0 Å². The Balaban J connectivity index is 1.60. The molecule has 1 atom stereocenters. The fourth-order valence-electron chi connectivity index (χ4n) is 4.89. The number of hydrogen-bond acceptors (Lipinski definition) is 3. The van der Waals surface area contributed by atoms with Gasteiger partial charge >= 0.3 is 6.18 Å². The normalized spacial score (nSPS) is 18.0. The van der Waals surface area contributed by atoms with Crippen molar-refractivity contribution >= 4 is 29.1 Å². The molecule has 38 heavy (non-hydrogen) atoms. The van der Waals surface area contributed by atoms with Gasteiger partial charge in [-0.25, -0.2) is 8.78 Å². The summed E-state index contributed by atoms with van der Waals surface area (Å²) in [6.45, 7) is 0. The molecule has 1 fully saturated rings. The Kier molecular flexibility index (Phi) is 6.43. The van der Waals surface area contributed by atoms with E-state index in [1.165, 1.54) is 12.1 Å². The van der Waals surface area contributed by atoms with Crippen molar-refractivity contribution in [3.05, 3.63) is 98.6 Å². The Morgan fingerprint density at radius 2 is 1.82 bits per heavy atom. The molecule has 2 aliphatic rings. The van der Waals surface area contributed by atoms with Crippen LogP contribution in [0.5, 0.6) is 0 Å². The first-order chi connectivity index (χ1) is 17.8. The summed E-state index contributed by atoms with van der Waals surface area (Å²) >= 11 is 6.28. The topological polar surface area (TPSA) is 78.4 Å². The molecule has 1 heterocycles. The van der Waals surface area contributed by atoms with Gasteiger partial charge < -0.3 is 15.7 Å². The average molecular weight is 551 g/mol. The molecular formula is C27H20ClF5N2O3. The Labute approximate surface area is 218 Å². The molecule has 3 N–H and O–H groups in total. The van der Waals surface area contributed by atoms with E-state index >= 15 is 0 Å². The standard InChI is InChI=1S/C27H20ClF5N2O3/c28-20-3-2-16(29)11-18(20)23-22-19(25(37)35-23)6-13(12-26(38)4-1-5-26)7-21(22)34-24(36)14-8-15(27(31,32)33)10-17(30)9-14/h2-3,6-11,23,38H,1,4-5,12H2,(H,34,36)(H,35,37)/t23-/m0/s1. The van der Waals surface area contributed by atoms with Crippen LogP contribution >= 0.6 is 11.6 Å². The summed E-state index contributed by atoms with van der Waals surface area (Å²) in [5.74, 6) is -3.48. The third-order valence-electron chi connectivity index (χ3n) is 6.87. The second-order valence-corrected chi connectivity index (χ2v) is 10.0. The third-order valence-corrected chi connectivity index (χ3v) is 7.21. The van der Waals surface area contributed by atoms with Gasteiger partial charge in [0.25, 0.3) is 11.8 Å². The summed E-state index contributed by atoms with van der Waals surface area (Å²) in [5, 5.41) is 16.0. The van der Waals surface area contributed by atoms with Crippen LogP contribution in [0.2, 0.25) is 5.02 Å². The number of fused-ring (bicyclic) bond motifs is 1. The minimum Gasteiger partial charge on any atom is -0.390 e. The highest BCUT2D eigenvalue weighted by atomic mass is 35.5. The summed E-state index contributed by atoms with van der Waals surface area (Å²) in [4.78, 5) is 26.0. The Morgan fingerprint density at radius 3 is 2.47 bits per heavy atom. The second kappa shape index (κ2) is 9.36. The zero-order valence-corrected chi connectivity index (χ0v) is 20.3. The molecule has 1 aliphatic carbocycles. The van der Waals surface area contributed by atoms with Crippen molar-refractivity contribution in [1.29, 1.82) is 0 Å². The van der Waals surface area contributed by atoms with Crippen LogP contribution in [-0.4, -0.2) is 22.5 Å². The number of hydrogen-bond donors (Lipinski definition) is 3. The molecule has 0 spiro atoms. The van der Waals surface area contributed by atoms with E-state index in [0.29, 0.717) is 30.5 Å². The number of nitrogens with one attached hydrogen (secondary N) is 2. The molecule has 0 radical (unpaired) electrons. The molecule has 2 amide bonds. The molecule has 0 saturated heterocycles. The van der Waals surface area contributed by atoms with Crippen LogP contribution in [0.4, 0.5) is 27.6 Å². The van der Waals surface area contributed by atoms with Crippen molar-refractivity contribution in [1.82, 2.24) is 5.32 Å². The van der Waals surface area contributed by atoms with Gasteiger partial charge in [0.15, 0.2) is 0 Å². The number of carbonyl (C=O) groups excluding carboxylic acids is 2. The zero-order chi connectivity index (χ0) is 27.4. The number of anilines is 1. The lowest BCUT2D eigenvalue weighted by Crippen LogP contribution is -2.39. The molecule has 0 bridgehead atoms. The first-order valence-electron chi connectivity index (χ1n) is 11.7. The van der Waals surface area contributed by atoms with Crippen molar-refractivity contribution in [2.45, 2.75) is 43.5 Å². The van der Waals surface area contributed by atoms with E-state index in [-0.39, 0.29) is 39.9 Å². The Bertz CT molecular complexity index is 1470. The van der Waals surface area contributed by atoms with E-state index in [0.717, 1.165) is 18.6 Å². The lowest BCUT2D eigenvalue weighted by atomic mass is 9.75. The number of aliphatic hydroxyl groups is 1. The van der Waals surface area contributed by atoms with Crippen LogP contribution in [0.15, 0.2) is 48.5 Å². The molecule has 198 valence electrons. The summed E-state index contributed by atoms with van der Waals surface area (Å²) in [6.07, 6.45) is -2.80. The maximum Gasteiger partial charge on any atom is 0.416 e. The van der Waals surface area contributed by atoms with Crippen molar-refractivity contribution < 1.29 is 36.6 Å². The number of rotatable bonds is 5. The highest BCUT2D eigenvalue weighted by molar-refractivity contribution is 6.31. The van der Waals surface area contributed by atoms with E-state index in [9.17, 15) is 36.6 Å². The second-order valence-electron chi connectivity index (χ2n) is 9.61. The van der Waals surface area contributed by atoms with Crippen LogP contribution in [0.1, 0.15) is 68.3 Å². The van der Waals surface area contributed by atoms with Gasteiger partial charge in [0.2, 0.25) is 0 Å². The first kappa shape index (κ1) is 26.1. The number of carbonyl (C=O) groups is 2. The molecule has 5 nitrogen and oxygen atoms in total. The molecule has 3 aromatic carbocycles. The minimum absolute atomic E-state index is 0.0342. The molecule has 1 aliphatic heterocycles. The van der Waals surface area contributed by atoms with E-state index in [4.69, 9.17) is 11.6 Å². The lowest BCUT2D eigenvalue weighted by Gasteiger charge is -2.37. The predicted octanol–water partition coefficient (Wildman–Crippen LogP) is 6.18. The maximum atomic E-state index is 14.1. The quantitative estimate of drug-likeness (QED) is 0.332. The van der Waals surface area contributed by atoms with Crippen molar-refractivity contribution in [2.75, 3.05) is 5.32 Å². The van der Waals surface area contributed by atoms with Gasteiger partial charge in [-0.1, -0.05) is 11.6 Å². The lowest BCUT2D eigenvalue weighted by molar-refractivity contribution is -0.137. The van der Waals surface area contributed by atoms with Gasteiger partial charge in [-0.05, 0) is 73.4 Å². The average Bonchev–Trinajstić information content (AvgIpc) is 3.15. The largest absolute Gasteiger partial charge is 0.416 e. The summed E-state index contributed by atoms with van der Waals surface area (Å²) in [7, 11) is 0. The molecule has 1 saturated carbocycles. The summed E-state index contributed by atoms with van der Waals surface area (Å²) in [6, 6.07) is 7.08. The highest BCUT2D eigenvalue weighted by Gasteiger charge is 2.38. The van der Waals surface area contributed by atoms with Gasteiger partial charge in [0.1, 0.15) is 11.6 Å². The van der Waals surface area contributed by atoms with Gasteiger partial charge in [0.05, 0.1) is 17.2 Å². The predicted molar refractivity (Wildman–Crippen MR) is 129 cm³/mol. The van der Waals surface area contributed by atoms with Gasteiger partial charge in [0, 0.05) is 39.4 Å². The SMILES string of the molecule is O=C(Nc1cc(CC2(O)CCC2)cc2c1[C@H](c1cc(F)ccc1Cl)NC2=O)c1cc(F)cc(C(F)(F)F)c1. The zero-order valence-electron chi connectivity index (χ0n) is 19.6. The summed E-state index contributed by atoms with van der Waals surface area (Å²) in [5.41, 5.74) is -1.84. The fourth-order valence-corrected chi connectivity index (χ4v) is 5.11. The van der Waals surface area contributed by atoms with Crippen molar-refractivity contribution in [3.63, 3.8) is 0 Å². The minimum atomic E-state index is -4.88. The number of halogens is 6. The fraction of sp³-hybridized carbons (Fsp3) is 0.259. The van der Waals surface area contributed by atoms with Crippen LogP contribution < -0.4 is 10.6 Å².